The number of carbonyl (C=O) groups is 1. The van der Waals surface area contributed by atoms with Gasteiger partial charge in [0.1, 0.15) is 29.9 Å². The van der Waals surface area contributed by atoms with Gasteiger partial charge in [-0.2, -0.15) is 5.10 Å². The van der Waals surface area contributed by atoms with Crippen LogP contribution in [-0.4, -0.2) is 30.8 Å². The van der Waals surface area contributed by atoms with Crippen molar-refractivity contribution in [1.29, 1.82) is 0 Å². The van der Waals surface area contributed by atoms with Crippen LogP contribution in [0.1, 0.15) is 26.5 Å². The predicted octanol–water partition coefficient (Wildman–Crippen LogP) is 4.31. The molecule has 1 aromatic carbocycles. The molecule has 4 aromatic rings. The molecular weight excluding hydrogens is 429 g/mol. The van der Waals surface area contributed by atoms with Crippen molar-refractivity contribution in [2.75, 3.05) is 4.90 Å². The second-order valence-electron chi connectivity index (χ2n) is 8.23. The number of benzene rings is 1. The number of oxazole rings is 1. The third kappa shape index (κ3) is 4.52. The number of halogens is 1. The maximum Gasteiger partial charge on any atom is 0.325 e. The minimum atomic E-state index is -0.850. The van der Waals surface area contributed by atoms with E-state index in [1.165, 1.54) is 41.7 Å². The van der Waals surface area contributed by atoms with Crippen molar-refractivity contribution in [3.8, 4) is 23.2 Å². The van der Waals surface area contributed by atoms with E-state index in [0.29, 0.717) is 17.4 Å². The van der Waals surface area contributed by atoms with Gasteiger partial charge in [-0.15, -0.1) is 0 Å². The SMILES string of the molecule is Cn1nc(C(C)(C)C)cc1N(C(N)=O)c1ccc(Oc2cc(-c3ncco3)ncn2)cc1F. The average molecular weight is 451 g/mol. The highest BCUT2D eigenvalue weighted by Crippen LogP contribution is 2.34. The van der Waals surface area contributed by atoms with Gasteiger partial charge in [0.2, 0.25) is 11.8 Å². The lowest BCUT2D eigenvalue weighted by Gasteiger charge is -2.21. The first kappa shape index (κ1) is 21.9. The quantitative estimate of drug-likeness (QED) is 0.479. The second kappa shape index (κ2) is 8.34. The van der Waals surface area contributed by atoms with E-state index in [2.05, 4.69) is 20.1 Å². The molecule has 0 spiro atoms. The maximum absolute atomic E-state index is 15.1. The zero-order valence-electron chi connectivity index (χ0n) is 18.5. The van der Waals surface area contributed by atoms with Crippen molar-refractivity contribution < 1.29 is 18.3 Å². The second-order valence-corrected chi connectivity index (χ2v) is 8.23. The third-order valence-electron chi connectivity index (χ3n) is 4.75. The smallest absolute Gasteiger partial charge is 0.325 e. The molecule has 0 atom stereocenters. The molecule has 4 rings (SSSR count). The molecule has 0 bridgehead atoms. The summed E-state index contributed by atoms with van der Waals surface area (Å²) in [5, 5.41) is 4.44. The molecule has 2 amide bonds. The van der Waals surface area contributed by atoms with Crippen LogP contribution in [0.3, 0.4) is 0 Å². The zero-order chi connectivity index (χ0) is 23.8. The van der Waals surface area contributed by atoms with Gasteiger partial charge < -0.3 is 14.9 Å². The minimum absolute atomic E-state index is 0.0403. The lowest BCUT2D eigenvalue weighted by atomic mass is 9.92. The number of hydrogen-bond acceptors (Lipinski definition) is 7. The molecule has 0 fully saturated rings. The Morgan fingerprint density at radius 2 is 1.97 bits per heavy atom. The number of primary amides is 1. The van der Waals surface area contributed by atoms with Gasteiger partial charge in [-0.3, -0.25) is 4.68 Å². The summed E-state index contributed by atoms with van der Waals surface area (Å²) in [6.07, 6.45) is 4.19. The van der Waals surface area contributed by atoms with Gasteiger partial charge in [0.25, 0.3) is 0 Å². The number of nitrogens with zero attached hydrogens (tertiary/aromatic N) is 6. The van der Waals surface area contributed by atoms with Gasteiger partial charge in [-0.25, -0.2) is 29.0 Å². The monoisotopic (exact) mass is 451 g/mol. The predicted molar refractivity (Wildman–Crippen MR) is 118 cm³/mol. The Hall–Kier alpha value is -4.28. The molecule has 0 unspecified atom stereocenters. The number of urea groups is 1. The van der Waals surface area contributed by atoms with Crippen LogP contribution in [0.5, 0.6) is 11.6 Å². The van der Waals surface area contributed by atoms with Crippen LogP contribution < -0.4 is 15.4 Å². The fraction of sp³-hybridized carbons (Fsp3) is 0.227. The number of nitrogens with two attached hydrogens (primary N) is 1. The fourth-order valence-electron chi connectivity index (χ4n) is 3.10. The van der Waals surface area contributed by atoms with Gasteiger partial charge >= 0.3 is 6.03 Å². The molecule has 2 N–H and O–H groups in total. The van der Waals surface area contributed by atoms with Crippen LogP contribution >= 0.6 is 0 Å². The molecule has 10 nitrogen and oxygen atoms in total. The Balaban J connectivity index is 1.63. The molecular formula is C22H22FN7O3. The van der Waals surface area contributed by atoms with Crippen molar-refractivity contribution >= 4 is 17.5 Å². The fourth-order valence-corrected chi connectivity index (χ4v) is 3.10. The van der Waals surface area contributed by atoms with Crippen molar-refractivity contribution in [2.24, 2.45) is 12.8 Å². The molecule has 0 aliphatic carbocycles. The van der Waals surface area contributed by atoms with E-state index in [-0.39, 0.29) is 22.7 Å². The molecule has 0 aliphatic rings. The number of aryl methyl sites for hydroxylation is 1. The summed E-state index contributed by atoms with van der Waals surface area (Å²) in [5.41, 5.74) is 6.43. The molecule has 3 aromatic heterocycles. The van der Waals surface area contributed by atoms with Gasteiger partial charge in [-0.05, 0) is 12.1 Å². The number of rotatable bonds is 5. The summed E-state index contributed by atoms with van der Waals surface area (Å²) in [7, 11) is 1.66. The molecule has 170 valence electrons. The summed E-state index contributed by atoms with van der Waals surface area (Å²) in [4.78, 5) is 25.4. The number of ether oxygens (including phenoxy) is 1. The zero-order valence-corrected chi connectivity index (χ0v) is 18.5. The van der Waals surface area contributed by atoms with Crippen molar-refractivity contribution in [3.63, 3.8) is 0 Å². The van der Waals surface area contributed by atoms with Crippen molar-refractivity contribution in [3.05, 3.63) is 60.6 Å². The maximum atomic E-state index is 15.1. The van der Waals surface area contributed by atoms with Crippen LogP contribution in [0.2, 0.25) is 0 Å². The number of carbonyl (C=O) groups excluding carboxylic acids is 1. The van der Waals surface area contributed by atoms with E-state index in [1.807, 2.05) is 20.8 Å². The number of hydrogen-bond donors (Lipinski definition) is 1. The topological polar surface area (TPSA) is 125 Å². The van der Waals surface area contributed by atoms with Crippen LogP contribution in [0.25, 0.3) is 11.6 Å². The molecule has 3 heterocycles. The van der Waals surface area contributed by atoms with Gasteiger partial charge in [0, 0.05) is 30.7 Å². The largest absolute Gasteiger partial charge is 0.443 e. The Bertz CT molecular complexity index is 1300. The Morgan fingerprint density at radius 1 is 1.18 bits per heavy atom. The first-order chi connectivity index (χ1) is 15.6. The normalized spacial score (nSPS) is 11.4. The van der Waals surface area contributed by atoms with Gasteiger partial charge in [0.05, 0.1) is 17.6 Å². The Labute approximate surface area is 188 Å². The average Bonchev–Trinajstić information content (AvgIpc) is 3.40. The summed E-state index contributed by atoms with van der Waals surface area (Å²) < 4.78 is 27.5. The Morgan fingerprint density at radius 3 is 2.58 bits per heavy atom. The number of anilines is 2. The van der Waals surface area contributed by atoms with Crippen molar-refractivity contribution in [2.45, 2.75) is 26.2 Å². The third-order valence-corrected chi connectivity index (χ3v) is 4.75. The highest BCUT2D eigenvalue weighted by molar-refractivity contribution is 5.97. The minimum Gasteiger partial charge on any atom is -0.443 e. The lowest BCUT2D eigenvalue weighted by molar-refractivity contribution is 0.255. The van der Waals surface area contributed by atoms with Gasteiger partial charge in [0.15, 0.2) is 5.82 Å². The number of aromatic nitrogens is 5. The van der Waals surface area contributed by atoms with E-state index in [4.69, 9.17) is 14.9 Å². The summed E-state index contributed by atoms with van der Waals surface area (Å²) in [6.45, 7) is 5.96. The molecule has 0 saturated heterocycles. The Kier molecular flexibility index (Phi) is 5.54. The highest BCUT2D eigenvalue weighted by atomic mass is 19.1. The van der Waals surface area contributed by atoms with Crippen molar-refractivity contribution in [1.82, 2.24) is 24.7 Å². The van der Waals surface area contributed by atoms with Crippen LogP contribution in [0.15, 0.2) is 53.5 Å². The van der Waals surface area contributed by atoms with Crippen LogP contribution in [-0.2, 0) is 12.5 Å². The van der Waals surface area contributed by atoms with E-state index in [1.54, 1.807) is 13.1 Å². The van der Waals surface area contributed by atoms with Crippen LogP contribution in [0.4, 0.5) is 20.7 Å². The first-order valence-electron chi connectivity index (χ1n) is 9.97. The summed E-state index contributed by atoms with van der Waals surface area (Å²) in [6, 6.07) is 6.41. The van der Waals surface area contributed by atoms with E-state index >= 15 is 4.39 Å². The summed E-state index contributed by atoms with van der Waals surface area (Å²) >= 11 is 0. The molecule has 0 radical (unpaired) electrons. The molecule has 33 heavy (non-hydrogen) atoms. The number of amides is 2. The highest BCUT2D eigenvalue weighted by Gasteiger charge is 2.26. The van der Waals surface area contributed by atoms with E-state index in [0.717, 1.165) is 16.7 Å². The van der Waals surface area contributed by atoms with E-state index < -0.39 is 11.8 Å². The lowest BCUT2D eigenvalue weighted by Crippen LogP contribution is -2.33. The first-order valence-corrected chi connectivity index (χ1v) is 9.97. The standard InChI is InChI=1S/C22H22FN7O3/c1-22(2,3)17-11-19(29(4)28-17)30(21(24)31)16-6-5-13(9-14(16)23)33-18-10-15(26-12-27-18)20-25-7-8-32-20/h5-12H,1-4H3,(H2,24,31). The van der Waals surface area contributed by atoms with Gasteiger partial charge in [-0.1, -0.05) is 20.8 Å². The van der Waals surface area contributed by atoms with E-state index in [9.17, 15) is 4.79 Å². The molecule has 0 aliphatic heterocycles. The van der Waals surface area contributed by atoms with Crippen LogP contribution in [0, 0.1) is 5.82 Å². The molecule has 11 heteroatoms. The molecule has 0 saturated carbocycles. The summed E-state index contributed by atoms with van der Waals surface area (Å²) in [5.74, 6) is 0.251.